The van der Waals surface area contributed by atoms with Crippen molar-refractivity contribution in [3.63, 3.8) is 0 Å². The van der Waals surface area contributed by atoms with Crippen LogP contribution in [0.3, 0.4) is 0 Å². The molecule has 2 aromatic heterocycles. The van der Waals surface area contributed by atoms with Crippen LogP contribution in [0.1, 0.15) is 18.4 Å². The highest BCUT2D eigenvalue weighted by atomic mass is 16.5. The summed E-state index contributed by atoms with van der Waals surface area (Å²) in [6, 6.07) is 16.9. The number of hydrogen-bond acceptors (Lipinski definition) is 5. The van der Waals surface area contributed by atoms with Gasteiger partial charge in [0.1, 0.15) is 5.69 Å². The molecule has 1 N–H and O–H groups in total. The third-order valence-corrected chi connectivity index (χ3v) is 4.76. The number of nitrogens with one attached hydrogen (secondary N) is 1. The van der Waals surface area contributed by atoms with E-state index in [4.69, 9.17) is 4.52 Å². The SMILES string of the molecule is Cc1c(-c2ccccc2)noc1NC(=O)CCCn1cnc2ccccc2c1=O. The van der Waals surface area contributed by atoms with Crippen LogP contribution in [-0.4, -0.2) is 20.6 Å². The zero-order valence-electron chi connectivity index (χ0n) is 16.0. The summed E-state index contributed by atoms with van der Waals surface area (Å²) >= 11 is 0. The van der Waals surface area contributed by atoms with Gasteiger partial charge in [-0.05, 0) is 25.5 Å². The second kappa shape index (κ2) is 8.10. The maximum absolute atomic E-state index is 12.5. The summed E-state index contributed by atoms with van der Waals surface area (Å²) in [7, 11) is 0. The Labute approximate surface area is 167 Å². The first-order valence-corrected chi connectivity index (χ1v) is 9.39. The first-order chi connectivity index (χ1) is 14.1. The summed E-state index contributed by atoms with van der Waals surface area (Å²) in [5, 5.41) is 7.40. The van der Waals surface area contributed by atoms with E-state index in [-0.39, 0.29) is 17.9 Å². The highest BCUT2D eigenvalue weighted by Gasteiger charge is 2.15. The Morgan fingerprint density at radius 2 is 1.86 bits per heavy atom. The summed E-state index contributed by atoms with van der Waals surface area (Å²) in [5.74, 6) is 0.157. The van der Waals surface area contributed by atoms with Gasteiger partial charge in [-0.3, -0.25) is 19.5 Å². The van der Waals surface area contributed by atoms with Crippen LogP contribution in [0.5, 0.6) is 0 Å². The highest BCUT2D eigenvalue weighted by molar-refractivity contribution is 5.90. The monoisotopic (exact) mass is 388 g/mol. The zero-order valence-corrected chi connectivity index (χ0v) is 16.0. The third-order valence-electron chi connectivity index (χ3n) is 4.76. The molecule has 0 spiro atoms. The Hall–Kier alpha value is -3.74. The standard InChI is InChI=1S/C22H20N4O3/c1-15-20(16-8-3-2-4-9-16)25-29-21(15)24-19(27)12-7-13-26-14-23-18-11-6-5-10-17(18)22(26)28/h2-6,8-11,14H,7,12-13H2,1H3,(H,24,27). The second-order valence-corrected chi connectivity index (χ2v) is 6.76. The molecular weight excluding hydrogens is 368 g/mol. The van der Waals surface area contributed by atoms with Gasteiger partial charge in [0.15, 0.2) is 0 Å². The molecule has 0 atom stereocenters. The van der Waals surface area contributed by atoms with Gasteiger partial charge in [-0.2, -0.15) is 0 Å². The number of hydrogen-bond donors (Lipinski definition) is 1. The fourth-order valence-electron chi connectivity index (χ4n) is 3.18. The maximum atomic E-state index is 12.5. The van der Waals surface area contributed by atoms with Gasteiger partial charge in [-0.1, -0.05) is 47.6 Å². The van der Waals surface area contributed by atoms with E-state index in [0.717, 1.165) is 11.1 Å². The lowest BCUT2D eigenvalue weighted by Crippen LogP contribution is -2.21. The van der Waals surface area contributed by atoms with E-state index < -0.39 is 0 Å². The molecule has 1 amide bonds. The van der Waals surface area contributed by atoms with Crippen molar-refractivity contribution in [2.45, 2.75) is 26.3 Å². The van der Waals surface area contributed by atoms with E-state index in [1.807, 2.05) is 49.4 Å². The van der Waals surface area contributed by atoms with Crippen molar-refractivity contribution < 1.29 is 9.32 Å². The minimum absolute atomic E-state index is 0.102. The van der Waals surface area contributed by atoms with Crippen molar-refractivity contribution in [1.82, 2.24) is 14.7 Å². The van der Waals surface area contributed by atoms with Crippen LogP contribution < -0.4 is 10.9 Å². The molecule has 0 saturated heterocycles. The maximum Gasteiger partial charge on any atom is 0.261 e. The summed E-state index contributed by atoms with van der Waals surface area (Å²) in [5.41, 5.74) is 2.97. The van der Waals surface area contributed by atoms with Crippen LogP contribution in [0, 0.1) is 6.92 Å². The van der Waals surface area contributed by atoms with Crippen LogP contribution in [0.25, 0.3) is 22.2 Å². The fraction of sp³-hybridized carbons (Fsp3) is 0.182. The average molecular weight is 388 g/mol. The van der Waals surface area contributed by atoms with Crippen molar-refractivity contribution in [2.75, 3.05) is 5.32 Å². The predicted molar refractivity (Wildman–Crippen MR) is 111 cm³/mol. The van der Waals surface area contributed by atoms with Crippen molar-refractivity contribution in [2.24, 2.45) is 0 Å². The molecule has 7 nitrogen and oxygen atoms in total. The lowest BCUT2D eigenvalue weighted by molar-refractivity contribution is -0.116. The Balaban J connectivity index is 1.37. The van der Waals surface area contributed by atoms with Crippen molar-refractivity contribution in [3.05, 3.63) is 76.8 Å². The quantitative estimate of drug-likeness (QED) is 0.543. The molecule has 0 unspecified atom stereocenters. The predicted octanol–water partition coefficient (Wildman–Crippen LogP) is 3.78. The Morgan fingerprint density at radius 1 is 1.10 bits per heavy atom. The van der Waals surface area contributed by atoms with Gasteiger partial charge in [-0.15, -0.1) is 0 Å². The van der Waals surface area contributed by atoms with Gasteiger partial charge in [0.25, 0.3) is 5.56 Å². The topological polar surface area (TPSA) is 90.0 Å². The van der Waals surface area contributed by atoms with E-state index in [1.54, 1.807) is 12.1 Å². The number of aromatic nitrogens is 3. The number of fused-ring (bicyclic) bond motifs is 1. The Kier molecular flexibility index (Phi) is 5.20. The molecule has 4 aromatic rings. The molecule has 0 aliphatic heterocycles. The summed E-state index contributed by atoms with van der Waals surface area (Å²) in [4.78, 5) is 29.1. The molecule has 0 aliphatic carbocycles. The molecule has 29 heavy (non-hydrogen) atoms. The molecule has 0 saturated carbocycles. The summed E-state index contributed by atoms with van der Waals surface area (Å²) < 4.78 is 6.84. The molecule has 146 valence electrons. The van der Waals surface area contributed by atoms with E-state index in [0.29, 0.717) is 35.4 Å². The second-order valence-electron chi connectivity index (χ2n) is 6.76. The average Bonchev–Trinajstić information content (AvgIpc) is 3.10. The van der Waals surface area contributed by atoms with Crippen molar-refractivity contribution in [1.29, 1.82) is 0 Å². The molecular formula is C22H20N4O3. The van der Waals surface area contributed by atoms with Gasteiger partial charge < -0.3 is 4.52 Å². The molecule has 4 rings (SSSR count). The van der Waals surface area contributed by atoms with Gasteiger partial charge in [0, 0.05) is 24.1 Å². The minimum Gasteiger partial charge on any atom is -0.338 e. The van der Waals surface area contributed by atoms with Crippen LogP contribution in [0.15, 0.2) is 70.2 Å². The number of aryl methyl sites for hydroxylation is 1. The molecule has 7 heteroatoms. The minimum atomic E-state index is -0.189. The smallest absolute Gasteiger partial charge is 0.261 e. The summed E-state index contributed by atoms with van der Waals surface area (Å²) in [6.07, 6.45) is 2.28. The van der Waals surface area contributed by atoms with E-state index >= 15 is 0 Å². The zero-order chi connectivity index (χ0) is 20.2. The number of benzene rings is 2. The third kappa shape index (κ3) is 3.94. The number of amides is 1. The first-order valence-electron chi connectivity index (χ1n) is 9.39. The van der Waals surface area contributed by atoms with Crippen LogP contribution in [-0.2, 0) is 11.3 Å². The lowest BCUT2D eigenvalue weighted by Gasteiger charge is -2.06. The van der Waals surface area contributed by atoms with Crippen molar-refractivity contribution >= 4 is 22.7 Å². The molecule has 2 heterocycles. The largest absolute Gasteiger partial charge is 0.338 e. The molecule has 0 radical (unpaired) electrons. The van der Waals surface area contributed by atoms with E-state index in [1.165, 1.54) is 10.9 Å². The van der Waals surface area contributed by atoms with Crippen LogP contribution in [0.4, 0.5) is 5.88 Å². The normalized spacial score (nSPS) is 10.9. The molecule has 0 fully saturated rings. The van der Waals surface area contributed by atoms with Gasteiger partial charge >= 0.3 is 0 Å². The number of para-hydroxylation sites is 1. The van der Waals surface area contributed by atoms with Crippen LogP contribution in [0.2, 0.25) is 0 Å². The van der Waals surface area contributed by atoms with E-state index in [2.05, 4.69) is 15.5 Å². The van der Waals surface area contributed by atoms with E-state index in [9.17, 15) is 9.59 Å². The molecule has 2 aromatic carbocycles. The van der Waals surface area contributed by atoms with Gasteiger partial charge in [0.05, 0.1) is 17.2 Å². The van der Waals surface area contributed by atoms with Gasteiger partial charge in [-0.25, -0.2) is 4.98 Å². The Morgan fingerprint density at radius 3 is 2.69 bits per heavy atom. The highest BCUT2D eigenvalue weighted by Crippen LogP contribution is 2.27. The fourth-order valence-corrected chi connectivity index (χ4v) is 3.18. The number of carbonyl (C=O) groups excluding carboxylic acids is 1. The number of carbonyl (C=O) groups is 1. The first kappa shape index (κ1) is 18.6. The number of nitrogens with zero attached hydrogens (tertiary/aromatic N) is 3. The van der Waals surface area contributed by atoms with Crippen LogP contribution >= 0.6 is 0 Å². The summed E-state index contributed by atoms with van der Waals surface area (Å²) in [6.45, 7) is 2.27. The Bertz CT molecular complexity index is 1210. The number of anilines is 1. The van der Waals surface area contributed by atoms with Gasteiger partial charge in [0.2, 0.25) is 11.8 Å². The molecule has 0 aliphatic rings. The lowest BCUT2D eigenvalue weighted by atomic mass is 10.1. The number of rotatable bonds is 6. The van der Waals surface area contributed by atoms with Crippen molar-refractivity contribution in [3.8, 4) is 11.3 Å². The molecule has 0 bridgehead atoms.